The summed E-state index contributed by atoms with van der Waals surface area (Å²) in [6.07, 6.45) is 5.72. The lowest BCUT2D eigenvalue weighted by molar-refractivity contribution is -0.122. The molecule has 0 aromatic heterocycles. The highest BCUT2D eigenvalue weighted by Gasteiger charge is 2.41. The molecule has 4 atom stereocenters. The van der Waals surface area contributed by atoms with Crippen LogP contribution in [-0.4, -0.2) is 37.8 Å². The van der Waals surface area contributed by atoms with Crippen molar-refractivity contribution in [1.29, 1.82) is 0 Å². The molecule has 0 saturated heterocycles. The second-order valence-electron chi connectivity index (χ2n) is 7.36. The van der Waals surface area contributed by atoms with E-state index in [-0.39, 0.29) is 0 Å². The Kier molecular flexibility index (Phi) is 8.25. The summed E-state index contributed by atoms with van der Waals surface area (Å²) >= 11 is 0. The fraction of sp³-hybridized carbons (Fsp3) is 1.00. The maximum Gasteiger partial charge on any atom is 0.160 e. The molecule has 2 nitrogen and oxygen atoms in total. The van der Waals surface area contributed by atoms with Crippen molar-refractivity contribution < 1.29 is 18.3 Å². The predicted molar refractivity (Wildman–Crippen MR) is 89.2 cm³/mol. The largest absolute Gasteiger partial charge is 0.375 e. The van der Waals surface area contributed by atoms with E-state index in [0.29, 0.717) is 32.0 Å². The van der Waals surface area contributed by atoms with E-state index in [1.54, 1.807) is 0 Å². The van der Waals surface area contributed by atoms with Crippen LogP contribution >= 0.6 is 0 Å². The topological polar surface area (TPSA) is 18.5 Å². The number of halogens is 2. The van der Waals surface area contributed by atoms with Gasteiger partial charge >= 0.3 is 0 Å². The Morgan fingerprint density at radius 3 is 1.91 bits per heavy atom. The van der Waals surface area contributed by atoms with Crippen molar-refractivity contribution in [3.8, 4) is 0 Å². The maximum atomic E-state index is 14.2. The Bertz CT molecular complexity index is 318. The maximum absolute atomic E-state index is 14.2. The van der Waals surface area contributed by atoms with Crippen molar-refractivity contribution in [3.63, 3.8) is 0 Å². The number of unbranched alkanes of at least 4 members (excludes halogenated alkanes) is 1. The highest BCUT2D eigenvalue weighted by molar-refractivity contribution is 4.90. The molecule has 2 fully saturated rings. The molecule has 0 amide bonds. The van der Waals surface area contributed by atoms with Gasteiger partial charge in [0.05, 0.1) is 12.2 Å². The van der Waals surface area contributed by atoms with Gasteiger partial charge in [-0.1, -0.05) is 39.0 Å². The van der Waals surface area contributed by atoms with Crippen LogP contribution in [0, 0.1) is 11.8 Å². The van der Waals surface area contributed by atoms with Crippen molar-refractivity contribution in [2.45, 2.75) is 96.2 Å². The van der Waals surface area contributed by atoms with Crippen molar-refractivity contribution >= 4 is 0 Å². The summed E-state index contributed by atoms with van der Waals surface area (Å²) in [6, 6.07) is 0. The summed E-state index contributed by atoms with van der Waals surface area (Å²) < 4.78 is 39.3. The quantitative estimate of drug-likeness (QED) is 0.605. The first kappa shape index (κ1) is 19.1. The highest BCUT2D eigenvalue weighted by Crippen LogP contribution is 2.34. The fourth-order valence-electron chi connectivity index (χ4n) is 4.06. The van der Waals surface area contributed by atoms with Gasteiger partial charge in [-0.3, -0.25) is 0 Å². The molecule has 0 N–H and O–H groups in total. The van der Waals surface area contributed by atoms with Gasteiger partial charge < -0.3 is 9.47 Å². The molecule has 0 heterocycles. The monoisotopic (exact) mass is 332 g/mol. The Hall–Kier alpha value is -0.220. The van der Waals surface area contributed by atoms with Crippen LogP contribution in [0.1, 0.15) is 71.6 Å². The van der Waals surface area contributed by atoms with Gasteiger partial charge in [-0.25, -0.2) is 8.78 Å². The third-order valence-corrected chi connectivity index (χ3v) is 5.61. The molecule has 2 rings (SSSR count). The fourth-order valence-corrected chi connectivity index (χ4v) is 4.06. The second-order valence-corrected chi connectivity index (χ2v) is 7.36. The van der Waals surface area contributed by atoms with Gasteiger partial charge in [0.2, 0.25) is 0 Å². The zero-order chi connectivity index (χ0) is 16.7. The van der Waals surface area contributed by atoms with Gasteiger partial charge in [-0.15, -0.1) is 0 Å². The molecular weight excluding hydrogens is 298 g/mol. The summed E-state index contributed by atoms with van der Waals surface area (Å²) in [4.78, 5) is 0. The summed E-state index contributed by atoms with van der Waals surface area (Å²) in [5.41, 5.74) is 0. The van der Waals surface area contributed by atoms with Crippen LogP contribution in [0.25, 0.3) is 0 Å². The molecule has 0 aromatic rings. The molecule has 0 aliphatic heterocycles. The Morgan fingerprint density at radius 1 is 0.783 bits per heavy atom. The number of hydrogen-bond donors (Lipinski definition) is 0. The third kappa shape index (κ3) is 5.67. The predicted octanol–water partition coefficient (Wildman–Crippen LogP) is 5.24. The molecular formula is C19H34F2O2. The van der Waals surface area contributed by atoms with Gasteiger partial charge in [-0.2, -0.15) is 0 Å². The molecule has 136 valence electrons. The van der Waals surface area contributed by atoms with E-state index in [4.69, 9.17) is 9.47 Å². The summed E-state index contributed by atoms with van der Waals surface area (Å²) in [7, 11) is 0. The van der Waals surface area contributed by atoms with Gasteiger partial charge in [0, 0.05) is 13.2 Å². The van der Waals surface area contributed by atoms with Crippen LogP contribution in [-0.2, 0) is 9.47 Å². The van der Waals surface area contributed by atoms with Crippen LogP contribution in [0.15, 0.2) is 0 Å². The Morgan fingerprint density at radius 2 is 1.35 bits per heavy atom. The van der Waals surface area contributed by atoms with E-state index < -0.39 is 24.6 Å². The van der Waals surface area contributed by atoms with Gasteiger partial charge in [0.1, 0.15) is 0 Å². The molecule has 2 aliphatic rings. The van der Waals surface area contributed by atoms with Crippen LogP contribution in [0.5, 0.6) is 0 Å². The normalized spacial score (nSPS) is 38.6. The first-order valence-corrected chi connectivity index (χ1v) is 9.67. The van der Waals surface area contributed by atoms with Crippen molar-refractivity contribution in [3.05, 3.63) is 0 Å². The van der Waals surface area contributed by atoms with E-state index in [9.17, 15) is 8.78 Å². The van der Waals surface area contributed by atoms with Crippen LogP contribution in [0.4, 0.5) is 8.78 Å². The van der Waals surface area contributed by atoms with E-state index in [0.717, 1.165) is 5.92 Å². The second kappa shape index (κ2) is 9.93. The molecule has 4 heteroatoms. The SMILES string of the molecule is CCCCC1CCC(COC2CCC(OCC)C(F)C2F)CC1. The van der Waals surface area contributed by atoms with E-state index in [1.807, 2.05) is 6.92 Å². The summed E-state index contributed by atoms with van der Waals surface area (Å²) in [5.74, 6) is 1.40. The van der Waals surface area contributed by atoms with E-state index in [2.05, 4.69) is 6.92 Å². The minimum absolute atomic E-state index is 0.435. The Balaban J connectivity index is 1.67. The minimum Gasteiger partial charge on any atom is -0.375 e. The lowest BCUT2D eigenvalue weighted by atomic mass is 9.80. The minimum atomic E-state index is -1.54. The van der Waals surface area contributed by atoms with Crippen molar-refractivity contribution in [1.82, 2.24) is 0 Å². The zero-order valence-electron chi connectivity index (χ0n) is 14.8. The van der Waals surface area contributed by atoms with Gasteiger partial charge in [0.25, 0.3) is 0 Å². The molecule has 23 heavy (non-hydrogen) atoms. The third-order valence-electron chi connectivity index (χ3n) is 5.61. The van der Waals surface area contributed by atoms with Gasteiger partial charge in [0.15, 0.2) is 12.3 Å². The highest BCUT2D eigenvalue weighted by atomic mass is 19.2. The van der Waals surface area contributed by atoms with E-state index in [1.165, 1.54) is 44.9 Å². The van der Waals surface area contributed by atoms with Crippen LogP contribution in [0.3, 0.4) is 0 Å². The number of ether oxygens (including phenoxy) is 2. The average molecular weight is 332 g/mol. The van der Waals surface area contributed by atoms with Gasteiger partial charge in [-0.05, 0) is 44.4 Å². The Labute approximate surface area is 140 Å². The lowest BCUT2D eigenvalue weighted by Crippen LogP contribution is -2.47. The molecule has 2 saturated carbocycles. The molecule has 2 aliphatic carbocycles. The van der Waals surface area contributed by atoms with Crippen LogP contribution < -0.4 is 0 Å². The molecule has 4 unspecified atom stereocenters. The molecule has 0 spiro atoms. The molecule has 0 bridgehead atoms. The lowest BCUT2D eigenvalue weighted by Gasteiger charge is -2.36. The number of hydrogen-bond acceptors (Lipinski definition) is 2. The smallest absolute Gasteiger partial charge is 0.160 e. The first-order chi connectivity index (χ1) is 11.2. The zero-order valence-corrected chi connectivity index (χ0v) is 14.8. The number of rotatable bonds is 8. The summed E-state index contributed by atoms with van der Waals surface area (Å²) in [5, 5.41) is 0. The average Bonchev–Trinajstić information content (AvgIpc) is 2.57. The number of alkyl halides is 2. The standard InChI is InChI=1S/C19H34F2O2/c1-3-5-6-14-7-9-15(10-8-14)13-23-17-12-11-16(22-4-2)18(20)19(17)21/h14-19H,3-13H2,1-2H3. The van der Waals surface area contributed by atoms with Crippen molar-refractivity contribution in [2.24, 2.45) is 11.8 Å². The van der Waals surface area contributed by atoms with Crippen molar-refractivity contribution in [2.75, 3.05) is 13.2 Å². The summed E-state index contributed by atoms with van der Waals surface area (Å²) in [6.45, 7) is 5.09. The van der Waals surface area contributed by atoms with Crippen LogP contribution in [0.2, 0.25) is 0 Å². The molecule has 0 radical (unpaired) electrons. The molecule has 0 aromatic carbocycles. The first-order valence-electron chi connectivity index (χ1n) is 9.67. The van der Waals surface area contributed by atoms with E-state index >= 15 is 0 Å².